The van der Waals surface area contributed by atoms with Crippen molar-refractivity contribution in [2.24, 2.45) is 5.73 Å². The standard InChI is InChI=1S/C21H38N4O5/c1-8-10-11-21(5,6)28-12-14-15(30-20(3,4)9-2)16(27-7)19(29-14)25-13-23-18(24-25)17(22)26/h13-16,19H,8-12H2,1-7H3,(H2,22,26)/t14-,15-,16-,19-/m1/s1. The molecule has 1 fully saturated rings. The maximum absolute atomic E-state index is 11.4. The van der Waals surface area contributed by atoms with Crippen LogP contribution in [0.1, 0.15) is 84.1 Å². The number of unbranched alkanes of at least 4 members (excludes halogenated alkanes) is 1. The van der Waals surface area contributed by atoms with E-state index in [-0.39, 0.29) is 29.2 Å². The highest BCUT2D eigenvalue weighted by molar-refractivity contribution is 5.88. The van der Waals surface area contributed by atoms with Crippen molar-refractivity contribution in [3.05, 3.63) is 12.2 Å². The van der Waals surface area contributed by atoms with Crippen LogP contribution >= 0.6 is 0 Å². The maximum Gasteiger partial charge on any atom is 0.288 e. The van der Waals surface area contributed by atoms with Gasteiger partial charge in [0.15, 0.2) is 6.23 Å². The van der Waals surface area contributed by atoms with Gasteiger partial charge in [-0.05, 0) is 40.5 Å². The zero-order chi connectivity index (χ0) is 22.5. The molecule has 1 aromatic rings. The first-order valence-corrected chi connectivity index (χ1v) is 10.7. The lowest BCUT2D eigenvalue weighted by Crippen LogP contribution is -2.44. The van der Waals surface area contributed by atoms with Gasteiger partial charge in [0.25, 0.3) is 5.91 Å². The minimum absolute atomic E-state index is 0.0693. The minimum Gasteiger partial charge on any atom is -0.374 e. The Morgan fingerprint density at radius 3 is 2.47 bits per heavy atom. The van der Waals surface area contributed by atoms with E-state index in [9.17, 15) is 4.79 Å². The van der Waals surface area contributed by atoms with Crippen LogP contribution < -0.4 is 5.73 Å². The van der Waals surface area contributed by atoms with Gasteiger partial charge >= 0.3 is 0 Å². The molecule has 172 valence electrons. The van der Waals surface area contributed by atoms with Gasteiger partial charge in [0.05, 0.1) is 17.8 Å². The molecule has 1 aromatic heterocycles. The highest BCUT2D eigenvalue weighted by Crippen LogP contribution is 2.36. The lowest BCUT2D eigenvalue weighted by molar-refractivity contribution is -0.150. The first kappa shape index (κ1) is 24.7. The third-order valence-corrected chi connectivity index (χ3v) is 5.62. The molecule has 0 saturated carbocycles. The number of rotatable bonds is 12. The minimum atomic E-state index is -0.696. The first-order valence-electron chi connectivity index (χ1n) is 10.7. The van der Waals surface area contributed by atoms with Gasteiger partial charge in [0, 0.05) is 7.11 Å². The molecule has 0 aliphatic carbocycles. The number of nitrogens with zero attached hydrogens (tertiary/aromatic N) is 3. The highest BCUT2D eigenvalue weighted by atomic mass is 16.6. The van der Waals surface area contributed by atoms with E-state index in [2.05, 4.69) is 37.8 Å². The average molecular weight is 427 g/mol. The second-order valence-electron chi connectivity index (χ2n) is 9.05. The fourth-order valence-electron chi connectivity index (χ4n) is 3.39. The van der Waals surface area contributed by atoms with Gasteiger partial charge in [-0.25, -0.2) is 9.67 Å². The molecule has 4 atom stereocenters. The monoisotopic (exact) mass is 426 g/mol. The van der Waals surface area contributed by atoms with E-state index in [1.165, 1.54) is 11.0 Å². The van der Waals surface area contributed by atoms with Crippen LogP contribution in [0.2, 0.25) is 0 Å². The number of hydrogen-bond donors (Lipinski definition) is 1. The molecule has 0 bridgehead atoms. The molecule has 1 aliphatic rings. The third kappa shape index (κ3) is 6.23. The van der Waals surface area contributed by atoms with Crippen LogP contribution in [-0.4, -0.2) is 63.9 Å². The maximum atomic E-state index is 11.4. The number of hydrogen-bond acceptors (Lipinski definition) is 7. The molecular weight excluding hydrogens is 388 g/mol. The van der Waals surface area contributed by atoms with Crippen LogP contribution in [0, 0.1) is 0 Å². The van der Waals surface area contributed by atoms with Crippen LogP contribution in [0.15, 0.2) is 6.33 Å². The summed E-state index contributed by atoms with van der Waals surface area (Å²) >= 11 is 0. The van der Waals surface area contributed by atoms with E-state index in [0.717, 1.165) is 25.7 Å². The lowest BCUT2D eigenvalue weighted by atomic mass is 10.0. The number of methoxy groups -OCH3 is 1. The summed E-state index contributed by atoms with van der Waals surface area (Å²) in [7, 11) is 1.61. The Kier molecular flexibility index (Phi) is 8.38. The molecule has 2 rings (SSSR count). The summed E-state index contributed by atoms with van der Waals surface area (Å²) in [6, 6.07) is 0. The normalized spacial score (nSPS) is 25.0. The molecule has 2 N–H and O–H groups in total. The quantitative estimate of drug-likeness (QED) is 0.547. The topological polar surface area (TPSA) is 111 Å². The van der Waals surface area contributed by atoms with Gasteiger partial charge in [-0.2, -0.15) is 0 Å². The van der Waals surface area contributed by atoms with Gasteiger partial charge < -0.3 is 24.7 Å². The van der Waals surface area contributed by atoms with Crippen LogP contribution in [0.3, 0.4) is 0 Å². The number of amides is 1. The first-order chi connectivity index (χ1) is 14.0. The SMILES string of the molecule is CCCCC(C)(C)OC[C@H]1O[C@@H](n2cnc(C(N)=O)n2)[C@H](OC)[C@@H]1OC(C)(C)CC. The van der Waals surface area contributed by atoms with Crippen molar-refractivity contribution in [1.29, 1.82) is 0 Å². The second-order valence-corrected chi connectivity index (χ2v) is 9.05. The van der Waals surface area contributed by atoms with E-state index < -0.39 is 18.2 Å². The van der Waals surface area contributed by atoms with Crippen molar-refractivity contribution in [2.75, 3.05) is 13.7 Å². The molecule has 1 saturated heterocycles. The fourth-order valence-corrected chi connectivity index (χ4v) is 3.39. The summed E-state index contributed by atoms with van der Waals surface area (Å²) in [4.78, 5) is 15.4. The third-order valence-electron chi connectivity index (χ3n) is 5.62. The highest BCUT2D eigenvalue weighted by Gasteiger charge is 2.49. The summed E-state index contributed by atoms with van der Waals surface area (Å²) in [5.41, 5.74) is 4.66. The molecule has 9 nitrogen and oxygen atoms in total. The summed E-state index contributed by atoms with van der Waals surface area (Å²) in [6.45, 7) is 12.9. The van der Waals surface area contributed by atoms with Gasteiger partial charge in [-0.15, -0.1) is 5.10 Å². The van der Waals surface area contributed by atoms with Gasteiger partial charge in [-0.1, -0.05) is 26.7 Å². The van der Waals surface area contributed by atoms with Crippen LogP contribution in [0.25, 0.3) is 0 Å². The van der Waals surface area contributed by atoms with Crippen molar-refractivity contribution in [3.63, 3.8) is 0 Å². The summed E-state index contributed by atoms with van der Waals surface area (Å²) in [5, 5.41) is 4.15. The Labute approximate surface area is 179 Å². The zero-order valence-electron chi connectivity index (χ0n) is 19.4. The van der Waals surface area contributed by atoms with E-state index in [0.29, 0.717) is 6.61 Å². The van der Waals surface area contributed by atoms with Crippen molar-refractivity contribution < 1.29 is 23.7 Å². The zero-order valence-corrected chi connectivity index (χ0v) is 19.4. The molecular formula is C21H38N4O5. The Morgan fingerprint density at radius 2 is 1.93 bits per heavy atom. The Hall–Kier alpha value is -1.55. The van der Waals surface area contributed by atoms with Gasteiger partial charge in [0.1, 0.15) is 24.6 Å². The largest absolute Gasteiger partial charge is 0.374 e. The average Bonchev–Trinajstić information content (AvgIpc) is 3.29. The molecule has 0 radical (unpaired) electrons. The van der Waals surface area contributed by atoms with E-state index >= 15 is 0 Å². The van der Waals surface area contributed by atoms with Crippen molar-refractivity contribution in [3.8, 4) is 0 Å². The predicted octanol–water partition coefficient (Wildman–Crippen LogP) is 2.85. The van der Waals surface area contributed by atoms with Crippen LogP contribution in [-0.2, 0) is 18.9 Å². The number of primary amides is 1. The van der Waals surface area contributed by atoms with Crippen LogP contribution in [0.5, 0.6) is 0 Å². The fraction of sp³-hybridized carbons (Fsp3) is 0.857. The summed E-state index contributed by atoms with van der Waals surface area (Å²) in [5.74, 6) is -0.765. The lowest BCUT2D eigenvalue weighted by Gasteiger charge is -2.34. The molecule has 0 unspecified atom stereocenters. The summed E-state index contributed by atoms with van der Waals surface area (Å²) < 4.78 is 26.2. The van der Waals surface area contributed by atoms with E-state index in [4.69, 9.17) is 24.7 Å². The molecule has 0 spiro atoms. The van der Waals surface area contributed by atoms with E-state index in [1.54, 1.807) is 7.11 Å². The van der Waals surface area contributed by atoms with Crippen LogP contribution in [0.4, 0.5) is 0 Å². The molecule has 1 amide bonds. The second kappa shape index (κ2) is 10.2. The Bertz CT molecular complexity index is 691. The molecule has 1 aliphatic heterocycles. The number of carbonyl (C=O) groups excluding carboxylic acids is 1. The Morgan fingerprint density at radius 1 is 1.23 bits per heavy atom. The molecule has 2 heterocycles. The van der Waals surface area contributed by atoms with Crippen molar-refractivity contribution in [1.82, 2.24) is 14.8 Å². The molecule has 30 heavy (non-hydrogen) atoms. The summed E-state index contributed by atoms with van der Waals surface area (Å²) in [6.07, 6.45) is 3.62. The van der Waals surface area contributed by atoms with E-state index in [1.807, 2.05) is 13.8 Å². The number of nitrogens with two attached hydrogens (primary N) is 1. The Balaban J connectivity index is 2.24. The van der Waals surface area contributed by atoms with Gasteiger partial charge in [0.2, 0.25) is 5.82 Å². The molecule has 9 heteroatoms. The molecule has 0 aromatic carbocycles. The van der Waals surface area contributed by atoms with Crippen molar-refractivity contribution >= 4 is 5.91 Å². The number of ether oxygens (including phenoxy) is 4. The van der Waals surface area contributed by atoms with Gasteiger partial charge in [-0.3, -0.25) is 4.79 Å². The predicted molar refractivity (Wildman–Crippen MR) is 112 cm³/mol. The van der Waals surface area contributed by atoms with Crippen molar-refractivity contribution in [2.45, 2.75) is 103 Å². The number of carbonyl (C=O) groups is 1. The smallest absolute Gasteiger partial charge is 0.288 e. The number of aromatic nitrogens is 3.